The first-order chi connectivity index (χ1) is 11.4. The van der Waals surface area contributed by atoms with Crippen molar-refractivity contribution in [1.29, 1.82) is 0 Å². The van der Waals surface area contributed by atoms with Crippen LogP contribution in [-0.4, -0.2) is 23.6 Å². The van der Waals surface area contributed by atoms with Gasteiger partial charge < -0.3 is 15.2 Å². The van der Waals surface area contributed by atoms with E-state index in [1.54, 1.807) is 6.07 Å². The van der Waals surface area contributed by atoms with E-state index in [9.17, 15) is 23.5 Å². The van der Waals surface area contributed by atoms with Gasteiger partial charge in [-0.15, -0.1) is 0 Å². The van der Waals surface area contributed by atoms with Gasteiger partial charge in [0.25, 0.3) is 5.91 Å². The van der Waals surface area contributed by atoms with E-state index >= 15 is 0 Å². The molecule has 0 atom stereocenters. The summed E-state index contributed by atoms with van der Waals surface area (Å²) in [6.07, 6.45) is 0. The number of phenolic OH excluding ortho intramolecular Hbond substituents is 1. The molecule has 0 radical (unpaired) electrons. The first-order valence-corrected chi connectivity index (χ1v) is 7.11. The number of aromatic hydroxyl groups is 1. The predicted octanol–water partition coefficient (Wildman–Crippen LogP) is 2.80. The number of hydrogen-bond donors (Lipinski definition) is 2. The third kappa shape index (κ3) is 4.42. The third-order valence-electron chi connectivity index (χ3n) is 3.02. The van der Waals surface area contributed by atoms with Crippen LogP contribution in [0.15, 0.2) is 36.4 Å². The van der Waals surface area contributed by atoms with Crippen LogP contribution in [0.4, 0.5) is 8.78 Å². The highest BCUT2D eigenvalue weighted by Crippen LogP contribution is 2.27. The molecule has 0 aliphatic rings. The molecule has 2 aromatic rings. The molecule has 126 valence electrons. The molecule has 0 aromatic heterocycles. The summed E-state index contributed by atoms with van der Waals surface area (Å²) in [5.41, 5.74) is 0.0294. The molecular formula is C16H12ClF2NO4. The molecule has 8 heteroatoms. The van der Waals surface area contributed by atoms with Crippen LogP contribution in [0.2, 0.25) is 5.02 Å². The van der Waals surface area contributed by atoms with Gasteiger partial charge in [-0.1, -0.05) is 29.8 Å². The average Bonchev–Trinajstić information content (AvgIpc) is 2.56. The Hall–Kier alpha value is -2.67. The van der Waals surface area contributed by atoms with Gasteiger partial charge in [-0.05, 0) is 18.2 Å². The van der Waals surface area contributed by atoms with Crippen molar-refractivity contribution in [2.24, 2.45) is 0 Å². The van der Waals surface area contributed by atoms with Crippen LogP contribution in [0, 0.1) is 11.6 Å². The van der Waals surface area contributed by atoms with Crippen LogP contribution >= 0.6 is 11.6 Å². The fourth-order valence-electron chi connectivity index (χ4n) is 1.78. The number of benzene rings is 2. The monoisotopic (exact) mass is 355 g/mol. The van der Waals surface area contributed by atoms with Crippen molar-refractivity contribution >= 4 is 23.5 Å². The summed E-state index contributed by atoms with van der Waals surface area (Å²) in [4.78, 5) is 23.3. The van der Waals surface area contributed by atoms with Gasteiger partial charge in [0.2, 0.25) is 0 Å². The minimum absolute atomic E-state index is 0.0667. The van der Waals surface area contributed by atoms with E-state index < -0.39 is 35.9 Å². The van der Waals surface area contributed by atoms with Crippen molar-refractivity contribution in [3.63, 3.8) is 0 Å². The molecule has 0 spiro atoms. The standard InChI is InChI=1S/C16H12ClF2NO4/c17-11-5-10(6-13(19)15(11)22)16(23)24-8-14(21)20-7-9-3-1-2-4-12(9)18/h1-6,22H,7-8H2,(H,20,21). The van der Waals surface area contributed by atoms with Crippen LogP contribution in [0.5, 0.6) is 5.75 Å². The second-order valence-electron chi connectivity index (χ2n) is 4.73. The number of amides is 1. The number of carbonyl (C=O) groups excluding carboxylic acids is 2. The number of phenols is 1. The van der Waals surface area contributed by atoms with Crippen LogP contribution in [0.1, 0.15) is 15.9 Å². The third-order valence-corrected chi connectivity index (χ3v) is 3.31. The topological polar surface area (TPSA) is 75.6 Å². The van der Waals surface area contributed by atoms with Crippen molar-refractivity contribution in [3.8, 4) is 5.75 Å². The number of carbonyl (C=O) groups is 2. The van der Waals surface area contributed by atoms with Crippen molar-refractivity contribution < 1.29 is 28.2 Å². The van der Waals surface area contributed by atoms with Crippen molar-refractivity contribution in [1.82, 2.24) is 5.32 Å². The number of rotatable bonds is 5. The summed E-state index contributed by atoms with van der Waals surface area (Å²) >= 11 is 5.55. The lowest BCUT2D eigenvalue weighted by Gasteiger charge is -2.08. The van der Waals surface area contributed by atoms with Gasteiger partial charge in [0.1, 0.15) is 5.82 Å². The molecular weight excluding hydrogens is 344 g/mol. The second-order valence-corrected chi connectivity index (χ2v) is 5.14. The highest BCUT2D eigenvalue weighted by atomic mass is 35.5. The molecule has 0 bridgehead atoms. The first kappa shape index (κ1) is 17.7. The van der Waals surface area contributed by atoms with Crippen LogP contribution < -0.4 is 5.32 Å². The van der Waals surface area contributed by atoms with Gasteiger partial charge >= 0.3 is 5.97 Å². The van der Waals surface area contributed by atoms with E-state index in [0.717, 1.165) is 12.1 Å². The Morgan fingerprint density at radius 1 is 1.17 bits per heavy atom. The minimum atomic E-state index is -1.08. The van der Waals surface area contributed by atoms with E-state index in [4.69, 9.17) is 16.3 Å². The molecule has 0 fully saturated rings. The number of nitrogens with one attached hydrogen (secondary N) is 1. The molecule has 0 aliphatic heterocycles. The fraction of sp³-hybridized carbons (Fsp3) is 0.125. The molecule has 1 amide bonds. The lowest BCUT2D eigenvalue weighted by atomic mass is 10.2. The SMILES string of the molecule is O=C(COC(=O)c1cc(F)c(O)c(Cl)c1)NCc1ccccc1F. The zero-order valence-corrected chi connectivity index (χ0v) is 12.9. The van der Waals surface area contributed by atoms with E-state index in [0.29, 0.717) is 0 Å². The summed E-state index contributed by atoms with van der Waals surface area (Å²) in [5.74, 6) is -3.98. The average molecular weight is 356 g/mol. The van der Waals surface area contributed by atoms with Crippen LogP contribution in [-0.2, 0) is 16.1 Å². The molecule has 0 saturated heterocycles. The van der Waals surface area contributed by atoms with E-state index in [1.165, 1.54) is 18.2 Å². The maximum Gasteiger partial charge on any atom is 0.338 e. The molecule has 24 heavy (non-hydrogen) atoms. The highest BCUT2D eigenvalue weighted by Gasteiger charge is 2.15. The lowest BCUT2D eigenvalue weighted by Crippen LogP contribution is -2.28. The Labute approximate surface area is 140 Å². The molecule has 0 saturated carbocycles. The number of hydrogen-bond acceptors (Lipinski definition) is 4. The molecule has 0 aliphatic carbocycles. The molecule has 2 N–H and O–H groups in total. The van der Waals surface area contributed by atoms with Crippen LogP contribution in [0.3, 0.4) is 0 Å². The first-order valence-electron chi connectivity index (χ1n) is 6.73. The number of ether oxygens (including phenoxy) is 1. The fourth-order valence-corrected chi connectivity index (χ4v) is 1.99. The quantitative estimate of drug-likeness (QED) is 0.809. The number of halogens is 3. The molecule has 0 heterocycles. The Bertz CT molecular complexity index is 759. The van der Waals surface area contributed by atoms with Gasteiger partial charge in [-0.2, -0.15) is 0 Å². The Kier molecular flexibility index (Phi) is 5.70. The molecule has 0 unspecified atom stereocenters. The summed E-state index contributed by atoms with van der Waals surface area (Å²) in [6.45, 7) is -0.698. The predicted molar refractivity (Wildman–Crippen MR) is 81.6 cm³/mol. The van der Waals surface area contributed by atoms with Crippen LogP contribution in [0.25, 0.3) is 0 Å². The van der Waals surface area contributed by atoms with Gasteiger partial charge in [-0.25, -0.2) is 13.6 Å². The largest absolute Gasteiger partial charge is 0.504 e. The van der Waals surface area contributed by atoms with Crippen molar-refractivity contribution in [3.05, 3.63) is 64.2 Å². The van der Waals surface area contributed by atoms with Gasteiger partial charge in [-0.3, -0.25) is 4.79 Å². The van der Waals surface area contributed by atoms with Crippen molar-refractivity contribution in [2.45, 2.75) is 6.54 Å². The van der Waals surface area contributed by atoms with E-state index in [1.807, 2.05) is 0 Å². The Morgan fingerprint density at radius 2 is 1.88 bits per heavy atom. The number of esters is 1. The molecule has 2 aromatic carbocycles. The summed E-state index contributed by atoms with van der Waals surface area (Å²) in [6, 6.07) is 7.64. The highest BCUT2D eigenvalue weighted by molar-refractivity contribution is 6.32. The summed E-state index contributed by atoms with van der Waals surface area (Å²) < 4.78 is 31.4. The lowest BCUT2D eigenvalue weighted by molar-refractivity contribution is -0.124. The molecule has 2 rings (SSSR count). The smallest absolute Gasteiger partial charge is 0.338 e. The van der Waals surface area contributed by atoms with Crippen molar-refractivity contribution in [2.75, 3.05) is 6.61 Å². The zero-order chi connectivity index (χ0) is 17.7. The summed E-state index contributed by atoms with van der Waals surface area (Å²) in [7, 11) is 0. The second kappa shape index (κ2) is 7.74. The van der Waals surface area contributed by atoms with E-state index in [-0.39, 0.29) is 22.7 Å². The van der Waals surface area contributed by atoms with E-state index in [2.05, 4.69) is 5.32 Å². The van der Waals surface area contributed by atoms with Gasteiger partial charge in [0.15, 0.2) is 18.2 Å². The Balaban J connectivity index is 1.87. The maximum atomic E-state index is 13.4. The maximum absolute atomic E-state index is 13.4. The minimum Gasteiger partial charge on any atom is -0.504 e. The Morgan fingerprint density at radius 3 is 2.54 bits per heavy atom. The van der Waals surface area contributed by atoms with Gasteiger partial charge in [0.05, 0.1) is 10.6 Å². The summed E-state index contributed by atoms with van der Waals surface area (Å²) in [5, 5.41) is 11.2. The normalized spacial score (nSPS) is 10.3. The molecule has 5 nitrogen and oxygen atoms in total. The van der Waals surface area contributed by atoms with Gasteiger partial charge in [0, 0.05) is 12.1 Å². The zero-order valence-electron chi connectivity index (χ0n) is 12.2.